The Morgan fingerprint density at radius 2 is 1.82 bits per heavy atom. The highest BCUT2D eigenvalue weighted by atomic mass is 35.5. The number of rotatable bonds is 3. The lowest BCUT2D eigenvalue weighted by Gasteiger charge is -2.08. The van der Waals surface area contributed by atoms with Crippen LogP contribution in [0.4, 0.5) is 0 Å². The van der Waals surface area contributed by atoms with E-state index >= 15 is 0 Å². The zero-order valence-corrected chi connectivity index (χ0v) is 10.5. The van der Waals surface area contributed by atoms with E-state index in [1.165, 1.54) is 0 Å². The van der Waals surface area contributed by atoms with Crippen LogP contribution in [0.3, 0.4) is 0 Å². The predicted octanol–water partition coefficient (Wildman–Crippen LogP) is 4.05. The molecule has 0 saturated heterocycles. The zero-order valence-electron chi connectivity index (χ0n) is 9.72. The smallest absolute Gasteiger partial charge is 0.224 e. The fraction of sp³-hybridized carbons (Fsp3) is 0.231. The molecule has 0 spiro atoms. The largest absolute Gasteiger partial charge is 0.439 e. The molecule has 1 aromatic heterocycles. The summed E-state index contributed by atoms with van der Waals surface area (Å²) in [5.41, 5.74) is 0. The van der Waals surface area contributed by atoms with Gasteiger partial charge < -0.3 is 4.74 Å². The van der Waals surface area contributed by atoms with Gasteiger partial charge in [-0.05, 0) is 12.1 Å². The van der Waals surface area contributed by atoms with Crippen LogP contribution in [0, 0.1) is 0 Å². The molecular weight excluding hydrogens is 236 g/mol. The van der Waals surface area contributed by atoms with Crippen LogP contribution in [0.1, 0.15) is 25.6 Å². The Morgan fingerprint density at radius 3 is 2.47 bits per heavy atom. The lowest BCUT2D eigenvalue weighted by molar-refractivity contribution is 0.457. The van der Waals surface area contributed by atoms with E-state index in [0.29, 0.717) is 16.9 Å². The summed E-state index contributed by atoms with van der Waals surface area (Å²) < 4.78 is 5.61. The van der Waals surface area contributed by atoms with E-state index in [1.54, 1.807) is 6.07 Å². The fourth-order valence-corrected chi connectivity index (χ4v) is 1.51. The quantitative estimate of drug-likeness (QED) is 0.769. The molecule has 0 amide bonds. The highest BCUT2D eigenvalue weighted by molar-refractivity contribution is 6.29. The molecule has 0 aliphatic heterocycles. The first-order valence-electron chi connectivity index (χ1n) is 5.42. The Hall–Kier alpha value is -1.61. The highest BCUT2D eigenvalue weighted by Gasteiger charge is 2.08. The van der Waals surface area contributed by atoms with Crippen molar-refractivity contribution in [3.63, 3.8) is 0 Å². The van der Waals surface area contributed by atoms with Gasteiger partial charge in [-0.15, -0.1) is 0 Å². The van der Waals surface area contributed by atoms with Gasteiger partial charge in [-0.25, -0.2) is 4.98 Å². The second kappa shape index (κ2) is 5.15. The molecule has 4 heteroatoms. The van der Waals surface area contributed by atoms with Crippen LogP contribution in [-0.4, -0.2) is 9.97 Å². The lowest BCUT2D eigenvalue weighted by Crippen LogP contribution is -1.99. The minimum absolute atomic E-state index is 0.215. The topological polar surface area (TPSA) is 35.0 Å². The van der Waals surface area contributed by atoms with Crippen molar-refractivity contribution in [1.29, 1.82) is 0 Å². The summed E-state index contributed by atoms with van der Waals surface area (Å²) in [7, 11) is 0. The van der Waals surface area contributed by atoms with E-state index in [1.807, 2.05) is 44.2 Å². The molecule has 0 unspecified atom stereocenters. The molecule has 1 heterocycles. The summed E-state index contributed by atoms with van der Waals surface area (Å²) in [6.07, 6.45) is 0. The summed E-state index contributed by atoms with van der Waals surface area (Å²) in [5, 5.41) is 0.398. The van der Waals surface area contributed by atoms with Crippen molar-refractivity contribution in [2.45, 2.75) is 19.8 Å². The van der Waals surface area contributed by atoms with Crippen molar-refractivity contribution < 1.29 is 4.74 Å². The highest BCUT2D eigenvalue weighted by Crippen LogP contribution is 2.23. The zero-order chi connectivity index (χ0) is 12.3. The van der Waals surface area contributed by atoms with Crippen molar-refractivity contribution in [2.75, 3.05) is 0 Å². The molecule has 3 nitrogen and oxygen atoms in total. The minimum Gasteiger partial charge on any atom is -0.439 e. The molecule has 1 aromatic carbocycles. The van der Waals surface area contributed by atoms with Crippen molar-refractivity contribution in [3.8, 4) is 11.6 Å². The number of aromatic nitrogens is 2. The van der Waals surface area contributed by atoms with Gasteiger partial charge in [-0.2, -0.15) is 4.98 Å². The first-order valence-corrected chi connectivity index (χ1v) is 5.80. The summed E-state index contributed by atoms with van der Waals surface area (Å²) >= 11 is 5.93. The summed E-state index contributed by atoms with van der Waals surface area (Å²) in [6, 6.07) is 11.1. The van der Waals surface area contributed by atoms with E-state index < -0.39 is 0 Å². The summed E-state index contributed by atoms with van der Waals surface area (Å²) in [6.45, 7) is 4.02. The van der Waals surface area contributed by atoms with Gasteiger partial charge in [-0.3, -0.25) is 0 Å². The number of hydrogen-bond donors (Lipinski definition) is 0. The van der Waals surface area contributed by atoms with Crippen LogP contribution in [-0.2, 0) is 0 Å². The molecule has 0 N–H and O–H groups in total. The number of halogens is 1. The van der Waals surface area contributed by atoms with Crippen molar-refractivity contribution in [3.05, 3.63) is 47.4 Å². The molecule has 0 atom stereocenters. The third-order valence-corrected chi connectivity index (χ3v) is 2.36. The first-order chi connectivity index (χ1) is 8.15. The van der Waals surface area contributed by atoms with Crippen molar-refractivity contribution >= 4 is 11.6 Å². The molecular formula is C13H13ClN2O. The molecule has 0 fully saturated rings. The Morgan fingerprint density at radius 1 is 1.12 bits per heavy atom. The summed E-state index contributed by atoms with van der Waals surface area (Å²) in [4.78, 5) is 8.46. The van der Waals surface area contributed by atoms with Crippen LogP contribution in [0.15, 0.2) is 36.4 Å². The van der Waals surface area contributed by atoms with Crippen LogP contribution in [0.2, 0.25) is 5.15 Å². The second-order valence-electron chi connectivity index (χ2n) is 3.96. The molecule has 0 radical (unpaired) electrons. The Kier molecular flexibility index (Phi) is 3.59. The van der Waals surface area contributed by atoms with Gasteiger partial charge >= 0.3 is 0 Å². The van der Waals surface area contributed by atoms with Gasteiger partial charge in [0.2, 0.25) is 5.88 Å². The maximum atomic E-state index is 5.93. The van der Waals surface area contributed by atoms with Crippen LogP contribution in [0.5, 0.6) is 11.6 Å². The Bertz CT molecular complexity index is 500. The molecule has 17 heavy (non-hydrogen) atoms. The number of para-hydroxylation sites is 1. The monoisotopic (exact) mass is 248 g/mol. The maximum Gasteiger partial charge on any atom is 0.224 e. The third kappa shape index (κ3) is 3.17. The maximum absolute atomic E-state index is 5.93. The third-order valence-electron chi connectivity index (χ3n) is 2.17. The van der Waals surface area contributed by atoms with Crippen LogP contribution < -0.4 is 4.74 Å². The van der Waals surface area contributed by atoms with Gasteiger partial charge in [0.15, 0.2) is 0 Å². The SMILES string of the molecule is CC(C)c1nc(Cl)cc(Oc2ccccc2)n1. The van der Waals surface area contributed by atoms with Gasteiger partial charge in [-0.1, -0.05) is 43.6 Å². The van der Waals surface area contributed by atoms with E-state index in [9.17, 15) is 0 Å². The Balaban J connectivity index is 2.27. The first kappa shape index (κ1) is 11.9. The van der Waals surface area contributed by atoms with Gasteiger partial charge in [0.05, 0.1) is 0 Å². The van der Waals surface area contributed by atoms with E-state index in [0.717, 1.165) is 5.75 Å². The Labute approximate surface area is 105 Å². The normalized spacial score (nSPS) is 10.6. The predicted molar refractivity (Wildman–Crippen MR) is 67.6 cm³/mol. The second-order valence-corrected chi connectivity index (χ2v) is 4.34. The molecule has 88 valence electrons. The standard InChI is InChI=1S/C13H13ClN2O/c1-9(2)13-15-11(14)8-12(16-13)17-10-6-4-3-5-7-10/h3-9H,1-2H3. The minimum atomic E-state index is 0.215. The molecule has 0 aliphatic rings. The average molecular weight is 249 g/mol. The molecule has 2 aromatic rings. The molecule has 0 saturated carbocycles. The lowest BCUT2D eigenvalue weighted by atomic mass is 10.2. The van der Waals surface area contributed by atoms with Crippen LogP contribution >= 0.6 is 11.6 Å². The number of nitrogens with zero attached hydrogens (tertiary/aromatic N) is 2. The van der Waals surface area contributed by atoms with Crippen LogP contribution in [0.25, 0.3) is 0 Å². The van der Waals surface area contributed by atoms with E-state index in [-0.39, 0.29) is 5.92 Å². The van der Waals surface area contributed by atoms with Gasteiger partial charge in [0.1, 0.15) is 16.7 Å². The van der Waals surface area contributed by atoms with Gasteiger partial charge in [0, 0.05) is 12.0 Å². The fourth-order valence-electron chi connectivity index (χ4n) is 1.33. The molecule has 0 aliphatic carbocycles. The van der Waals surface area contributed by atoms with E-state index in [2.05, 4.69) is 9.97 Å². The molecule has 2 rings (SSSR count). The molecule has 0 bridgehead atoms. The average Bonchev–Trinajstić information content (AvgIpc) is 2.29. The number of hydrogen-bond acceptors (Lipinski definition) is 3. The summed E-state index contributed by atoms with van der Waals surface area (Å²) in [5.74, 6) is 2.10. The van der Waals surface area contributed by atoms with Crippen molar-refractivity contribution in [1.82, 2.24) is 9.97 Å². The van der Waals surface area contributed by atoms with Crippen molar-refractivity contribution in [2.24, 2.45) is 0 Å². The van der Waals surface area contributed by atoms with E-state index in [4.69, 9.17) is 16.3 Å². The number of benzene rings is 1. The van der Waals surface area contributed by atoms with Gasteiger partial charge in [0.25, 0.3) is 0 Å². The number of ether oxygens (including phenoxy) is 1.